The van der Waals surface area contributed by atoms with Crippen LogP contribution in [0.1, 0.15) is 21.5 Å². The summed E-state index contributed by atoms with van der Waals surface area (Å²) >= 11 is 0. The lowest BCUT2D eigenvalue weighted by atomic mass is 9.85. The molecule has 5 rings (SSSR count). The van der Waals surface area contributed by atoms with Gasteiger partial charge in [0.05, 0.1) is 11.3 Å². The minimum absolute atomic E-state index is 0.233. The van der Waals surface area contributed by atoms with E-state index in [1.807, 2.05) is 60.7 Å². The fourth-order valence-electron chi connectivity index (χ4n) is 4.41. The topological polar surface area (TPSA) is 87.2 Å². The van der Waals surface area contributed by atoms with Crippen LogP contribution in [0.25, 0.3) is 27.7 Å². The number of Topliss-reactive ketones (excluding diaryl/α,β-unsaturated/α-hetero) is 2. The fourth-order valence-corrected chi connectivity index (χ4v) is 4.41. The van der Waals surface area contributed by atoms with Crippen molar-refractivity contribution in [2.75, 3.05) is 0 Å². The van der Waals surface area contributed by atoms with Crippen LogP contribution < -0.4 is 0 Å². The molecule has 4 aromatic carbocycles. The fraction of sp³-hybridized carbons (Fsp3) is 0. The van der Waals surface area contributed by atoms with Gasteiger partial charge in [-0.05, 0) is 17.2 Å². The summed E-state index contributed by atoms with van der Waals surface area (Å²) in [7, 11) is 0. The first-order valence-electron chi connectivity index (χ1n) is 11.4. The zero-order valence-electron chi connectivity index (χ0n) is 19.1. The monoisotopic (exact) mass is 471 g/mol. The summed E-state index contributed by atoms with van der Waals surface area (Å²) in [4.78, 5) is 42.6. The van der Waals surface area contributed by atoms with Crippen molar-refractivity contribution >= 4 is 34.0 Å². The van der Waals surface area contributed by atoms with Crippen LogP contribution in [0.15, 0.2) is 121 Å². The van der Waals surface area contributed by atoms with Gasteiger partial charge in [-0.2, -0.15) is 0 Å². The van der Waals surface area contributed by atoms with Gasteiger partial charge in [-0.15, -0.1) is 0 Å². The predicted octanol–water partition coefficient (Wildman–Crippen LogP) is 6.17. The van der Waals surface area contributed by atoms with Crippen molar-refractivity contribution in [2.24, 2.45) is 0 Å². The number of benzene rings is 4. The van der Waals surface area contributed by atoms with E-state index in [9.17, 15) is 19.5 Å². The van der Waals surface area contributed by atoms with E-state index in [0.717, 1.165) is 16.5 Å². The van der Waals surface area contributed by atoms with E-state index in [2.05, 4.69) is 4.98 Å². The largest absolute Gasteiger partial charge is 0.475 e. The molecule has 0 saturated heterocycles. The average molecular weight is 472 g/mol. The Labute approximate surface area is 207 Å². The molecule has 174 valence electrons. The van der Waals surface area contributed by atoms with Crippen LogP contribution in [0, 0.1) is 0 Å². The molecule has 36 heavy (non-hydrogen) atoms. The zero-order chi connectivity index (χ0) is 25.1. The Bertz CT molecular complexity index is 1620. The van der Waals surface area contributed by atoms with E-state index in [4.69, 9.17) is 0 Å². The van der Waals surface area contributed by atoms with Gasteiger partial charge >= 0.3 is 5.97 Å². The molecular formula is C31H21NO4. The molecule has 0 atom stereocenters. The lowest BCUT2D eigenvalue weighted by molar-refractivity contribution is -0.147. The Hall–Kier alpha value is -5.03. The van der Waals surface area contributed by atoms with E-state index >= 15 is 0 Å². The number of para-hydroxylation sites is 1. The van der Waals surface area contributed by atoms with E-state index < -0.39 is 17.5 Å². The lowest BCUT2D eigenvalue weighted by Gasteiger charge is -2.16. The number of carboxylic acid groups (broad SMARTS) is 1. The van der Waals surface area contributed by atoms with Crippen LogP contribution in [0.4, 0.5) is 0 Å². The Morgan fingerprint density at radius 1 is 0.611 bits per heavy atom. The third kappa shape index (κ3) is 4.14. The molecule has 0 spiro atoms. The minimum atomic E-state index is -1.69. The van der Waals surface area contributed by atoms with Crippen molar-refractivity contribution in [3.05, 3.63) is 138 Å². The highest BCUT2D eigenvalue weighted by atomic mass is 16.4. The first kappa shape index (κ1) is 22.7. The molecule has 1 heterocycles. The predicted molar refractivity (Wildman–Crippen MR) is 140 cm³/mol. The minimum Gasteiger partial charge on any atom is -0.475 e. The summed E-state index contributed by atoms with van der Waals surface area (Å²) in [5.41, 5.74) is 3.60. The number of aromatic amines is 1. The molecule has 2 N–H and O–H groups in total. The summed E-state index contributed by atoms with van der Waals surface area (Å²) in [6.07, 6.45) is 0. The number of hydrogen-bond donors (Lipinski definition) is 2. The lowest BCUT2D eigenvalue weighted by Crippen LogP contribution is -2.23. The number of carboxylic acids is 1. The number of aliphatic carboxylic acids is 1. The van der Waals surface area contributed by atoms with Gasteiger partial charge in [-0.3, -0.25) is 9.59 Å². The summed E-state index contributed by atoms with van der Waals surface area (Å²) < 4.78 is 0. The maximum absolute atomic E-state index is 13.8. The van der Waals surface area contributed by atoms with Gasteiger partial charge < -0.3 is 10.1 Å². The van der Waals surface area contributed by atoms with Crippen molar-refractivity contribution < 1.29 is 19.5 Å². The molecule has 0 aliphatic rings. The maximum Gasteiger partial charge on any atom is 0.377 e. The summed E-state index contributed by atoms with van der Waals surface area (Å²) in [6, 6.07) is 34.3. The first-order valence-corrected chi connectivity index (χ1v) is 11.4. The third-order valence-corrected chi connectivity index (χ3v) is 6.02. The number of rotatable bonds is 7. The number of aromatic nitrogens is 1. The number of carbonyl (C=O) groups is 3. The van der Waals surface area contributed by atoms with Crippen molar-refractivity contribution in [3.63, 3.8) is 0 Å². The molecular weight excluding hydrogens is 450 g/mol. The number of H-pyrrole nitrogens is 1. The van der Waals surface area contributed by atoms with Crippen molar-refractivity contribution in [1.82, 2.24) is 4.98 Å². The van der Waals surface area contributed by atoms with Crippen molar-refractivity contribution in [3.8, 4) is 11.3 Å². The van der Waals surface area contributed by atoms with Crippen LogP contribution in [-0.2, 0) is 9.59 Å². The molecule has 5 heteroatoms. The first-order chi connectivity index (χ1) is 17.6. The molecule has 5 nitrogen and oxygen atoms in total. The molecule has 0 fully saturated rings. The molecule has 0 aliphatic heterocycles. The number of carbonyl (C=O) groups excluding carboxylic acids is 2. The van der Waals surface area contributed by atoms with Crippen LogP contribution in [0.3, 0.4) is 0 Å². The van der Waals surface area contributed by atoms with Gasteiger partial charge in [0, 0.05) is 27.6 Å². The number of hydrogen-bond acceptors (Lipinski definition) is 3. The SMILES string of the molecule is O=C(O)C(=O)/C(C(=O)c1ccccc1)=C(/c1ccccc1)c1c(-c2ccccc2)[nH]c2ccccc12. The van der Waals surface area contributed by atoms with Crippen LogP contribution in [0.2, 0.25) is 0 Å². The highest BCUT2D eigenvalue weighted by molar-refractivity contribution is 6.51. The van der Waals surface area contributed by atoms with Crippen molar-refractivity contribution in [1.29, 1.82) is 0 Å². The van der Waals surface area contributed by atoms with Crippen LogP contribution in [-0.4, -0.2) is 27.6 Å². The van der Waals surface area contributed by atoms with Gasteiger partial charge in [0.2, 0.25) is 0 Å². The van der Waals surface area contributed by atoms with Gasteiger partial charge in [0.25, 0.3) is 5.78 Å². The molecule has 5 aromatic rings. The second-order valence-corrected chi connectivity index (χ2v) is 8.23. The smallest absolute Gasteiger partial charge is 0.377 e. The normalized spacial score (nSPS) is 11.7. The van der Waals surface area contributed by atoms with Gasteiger partial charge in [0.1, 0.15) is 0 Å². The summed E-state index contributed by atoms with van der Waals surface area (Å²) in [6.45, 7) is 0. The molecule has 0 aliphatic carbocycles. The van der Waals surface area contributed by atoms with Gasteiger partial charge in [-0.1, -0.05) is 109 Å². The van der Waals surface area contributed by atoms with Gasteiger partial charge in [0.15, 0.2) is 5.78 Å². The molecule has 0 unspecified atom stereocenters. The van der Waals surface area contributed by atoms with E-state index in [-0.39, 0.29) is 16.7 Å². The highest BCUT2D eigenvalue weighted by Gasteiger charge is 2.32. The summed E-state index contributed by atoms with van der Waals surface area (Å²) in [5, 5.41) is 10.6. The third-order valence-electron chi connectivity index (χ3n) is 6.02. The number of ketones is 2. The zero-order valence-corrected chi connectivity index (χ0v) is 19.1. The highest BCUT2D eigenvalue weighted by Crippen LogP contribution is 2.40. The Balaban J connectivity index is 1.96. The van der Waals surface area contributed by atoms with E-state index in [0.29, 0.717) is 16.8 Å². The molecule has 0 radical (unpaired) electrons. The van der Waals surface area contributed by atoms with Crippen LogP contribution in [0.5, 0.6) is 0 Å². The van der Waals surface area contributed by atoms with Crippen LogP contribution >= 0.6 is 0 Å². The number of nitrogens with one attached hydrogen (secondary N) is 1. The quantitative estimate of drug-likeness (QED) is 0.0976. The maximum atomic E-state index is 13.8. The van der Waals surface area contributed by atoms with E-state index in [1.165, 1.54) is 0 Å². The average Bonchev–Trinajstić information content (AvgIpc) is 3.31. The second-order valence-electron chi connectivity index (χ2n) is 8.23. The second kappa shape index (κ2) is 9.68. The molecule has 0 bridgehead atoms. The van der Waals surface area contributed by atoms with Crippen molar-refractivity contribution in [2.45, 2.75) is 0 Å². The molecule has 0 amide bonds. The standard InChI is InChI=1S/C31H21NO4/c33-29(22-16-8-3-9-17-22)27(30(34)31(35)36)25(20-12-4-1-5-13-20)26-23-18-10-11-19-24(23)32-28(26)21-14-6-2-7-15-21/h1-19,32H,(H,35,36)/b27-25-. The Morgan fingerprint density at radius 3 is 1.75 bits per heavy atom. The number of fused-ring (bicyclic) bond motifs is 1. The van der Waals surface area contributed by atoms with E-state index in [1.54, 1.807) is 54.6 Å². The Kier molecular flexibility index (Phi) is 6.12. The molecule has 1 aromatic heterocycles. The summed E-state index contributed by atoms with van der Waals surface area (Å²) in [5.74, 6) is -3.60. The molecule has 0 saturated carbocycles. The van der Waals surface area contributed by atoms with Gasteiger partial charge in [-0.25, -0.2) is 4.79 Å². The Morgan fingerprint density at radius 2 is 1.14 bits per heavy atom.